The van der Waals surface area contributed by atoms with Crippen LogP contribution in [0.3, 0.4) is 0 Å². The number of hydrogen-bond acceptors (Lipinski definition) is 4. The molecule has 0 radical (unpaired) electrons. The van der Waals surface area contributed by atoms with E-state index in [-0.39, 0.29) is 6.42 Å². The molecule has 1 N–H and O–H groups in total. The van der Waals surface area contributed by atoms with Crippen LogP contribution in [0.25, 0.3) is 0 Å². The third-order valence-electron chi connectivity index (χ3n) is 2.67. The molecule has 18 heavy (non-hydrogen) atoms. The maximum atomic E-state index is 10.5. The molecule has 2 heterocycles. The van der Waals surface area contributed by atoms with Crippen LogP contribution in [0.15, 0.2) is 22.8 Å². The molecule has 0 aliphatic heterocycles. The molecule has 0 saturated heterocycles. The summed E-state index contributed by atoms with van der Waals surface area (Å²) >= 11 is 1.61. The van der Waals surface area contributed by atoms with Gasteiger partial charge < -0.3 is 9.52 Å². The zero-order valence-corrected chi connectivity index (χ0v) is 11.0. The van der Waals surface area contributed by atoms with Gasteiger partial charge in [0.15, 0.2) is 0 Å². The number of rotatable bonds is 6. The number of aliphatic carboxylic acids is 1. The fraction of sp³-hybridized carbons (Fsp3) is 0.385. The summed E-state index contributed by atoms with van der Waals surface area (Å²) in [7, 11) is 0. The predicted octanol–water partition coefficient (Wildman–Crippen LogP) is 2.85. The zero-order valence-electron chi connectivity index (χ0n) is 10.2. The Kier molecular flexibility index (Phi) is 4.15. The molecule has 96 valence electrons. The predicted molar refractivity (Wildman–Crippen MR) is 68.9 cm³/mol. The first-order valence-corrected chi connectivity index (χ1v) is 6.66. The average molecular weight is 265 g/mol. The molecule has 0 aromatic carbocycles. The van der Waals surface area contributed by atoms with Crippen LogP contribution in [0.5, 0.6) is 0 Å². The van der Waals surface area contributed by atoms with Crippen LogP contribution in [0.2, 0.25) is 0 Å². The third kappa shape index (κ3) is 3.43. The SMILES string of the molecule is Cc1nc(CCc2ccco2)sc1CCC(=O)O. The van der Waals surface area contributed by atoms with Gasteiger partial charge in [-0.1, -0.05) is 0 Å². The lowest BCUT2D eigenvalue weighted by atomic mass is 10.2. The van der Waals surface area contributed by atoms with Crippen LogP contribution in [-0.2, 0) is 24.1 Å². The summed E-state index contributed by atoms with van der Waals surface area (Å²) in [6.07, 6.45) is 4.07. The molecule has 0 unspecified atom stereocenters. The molecule has 0 spiro atoms. The molecule has 0 atom stereocenters. The van der Waals surface area contributed by atoms with E-state index >= 15 is 0 Å². The normalized spacial score (nSPS) is 10.7. The van der Waals surface area contributed by atoms with E-state index in [9.17, 15) is 4.79 Å². The van der Waals surface area contributed by atoms with Crippen molar-refractivity contribution in [2.24, 2.45) is 0 Å². The Labute approximate surface area is 109 Å². The third-order valence-corrected chi connectivity index (χ3v) is 3.95. The van der Waals surface area contributed by atoms with Gasteiger partial charge >= 0.3 is 5.97 Å². The zero-order chi connectivity index (χ0) is 13.0. The van der Waals surface area contributed by atoms with Gasteiger partial charge in [0.2, 0.25) is 0 Å². The molecule has 5 heteroatoms. The van der Waals surface area contributed by atoms with Crippen molar-refractivity contribution >= 4 is 17.3 Å². The first kappa shape index (κ1) is 12.8. The Morgan fingerprint density at radius 1 is 1.44 bits per heavy atom. The molecule has 2 aromatic rings. The van der Waals surface area contributed by atoms with Gasteiger partial charge in [-0.25, -0.2) is 4.98 Å². The van der Waals surface area contributed by atoms with Crippen molar-refractivity contribution in [2.45, 2.75) is 32.6 Å². The summed E-state index contributed by atoms with van der Waals surface area (Å²) in [5.41, 5.74) is 0.954. The molecule has 0 aliphatic carbocycles. The highest BCUT2D eigenvalue weighted by Gasteiger charge is 2.09. The number of nitrogens with zero attached hydrogens (tertiary/aromatic N) is 1. The number of carboxylic acids is 1. The first-order chi connectivity index (χ1) is 8.65. The highest BCUT2D eigenvalue weighted by Crippen LogP contribution is 2.21. The Morgan fingerprint density at radius 2 is 2.28 bits per heavy atom. The molecule has 2 aromatic heterocycles. The lowest BCUT2D eigenvalue weighted by molar-refractivity contribution is -0.136. The second-order valence-electron chi connectivity index (χ2n) is 4.09. The Morgan fingerprint density at radius 3 is 2.94 bits per heavy atom. The average Bonchev–Trinajstić information content (AvgIpc) is 2.93. The van der Waals surface area contributed by atoms with E-state index in [2.05, 4.69) is 4.98 Å². The van der Waals surface area contributed by atoms with Crippen LogP contribution in [0.4, 0.5) is 0 Å². The summed E-state index contributed by atoms with van der Waals surface area (Å²) in [5, 5.41) is 9.72. The van der Waals surface area contributed by atoms with Gasteiger partial charge in [0.1, 0.15) is 5.76 Å². The number of thiazole rings is 1. The van der Waals surface area contributed by atoms with Gasteiger partial charge in [0, 0.05) is 17.7 Å². The minimum Gasteiger partial charge on any atom is -0.481 e. The van der Waals surface area contributed by atoms with Crippen molar-refractivity contribution in [3.05, 3.63) is 39.7 Å². The van der Waals surface area contributed by atoms with Gasteiger partial charge in [-0.2, -0.15) is 0 Å². The van der Waals surface area contributed by atoms with Crippen molar-refractivity contribution in [1.29, 1.82) is 0 Å². The first-order valence-electron chi connectivity index (χ1n) is 5.84. The molecule has 0 amide bonds. The highest BCUT2D eigenvalue weighted by atomic mass is 32.1. The van der Waals surface area contributed by atoms with Crippen LogP contribution in [0, 0.1) is 6.92 Å². The van der Waals surface area contributed by atoms with Crippen molar-refractivity contribution in [3.63, 3.8) is 0 Å². The molecule has 0 bridgehead atoms. The number of aromatic nitrogens is 1. The summed E-state index contributed by atoms with van der Waals surface area (Å²) < 4.78 is 5.27. The molecule has 0 aliphatic rings. The molecular weight excluding hydrogens is 250 g/mol. The second kappa shape index (κ2) is 5.82. The number of hydrogen-bond donors (Lipinski definition) is 1. The van der Waals surface area contributed by atoms with Crippen molar-refractivity contribution in [2.75, 3.05) is 0 Å². The van der Waals surface area contributed by atoms with Crippen LogP contribution in [-0.4, -0.2) is 16.1 Å². The number of carbonyl (C=O) groups is 1. The maximum Gasteiger partial charge on any atom is 0.303 e. The number of aryl methyl sites for hydroxylation is 4. The summed E-state index contributed by atoms with van der Waals surface area (Å²) in [4.78, 5) is 16.1. The fourth-order valence-electron chi connectivity index (χ4n) is 1.73. The highest BCUT2D eigenvalue weighted by molar-refractivity contribution is 7.11. The summed E-state index contributed by atoms with van der Waals surface area (Å²) in [6, 6.07) is 3.83. The lowest BCUT2D eigenvalue weighted by Crippen LogP contribution is -1.96. The summed E-state index contributed by atoms with van der Waals surface area (Å²) in [6.45, 7) is 1.93. The lowest BCUT2D eigenvalue weighted by Gasteiger charge is -1.93. The minimum atomic E-state index is -0.764. The second-order valence-corrected chi connectivity index (χ2v) is 5.26. The summed E-state index contributed by atoms with van der Waals surface area (Å²) in [5.74, 6) is 0.190. The molecule has 4 nitrogen and oxygen atoms in total. The van der Waals surface area contributed by atoms with E-state index < -0.39 is 5.97 Å². The Balaban J connectivity index is 1.93. The van der Waals surface area contributed by atoms with E-state index in [1.165, 1.54) is 0 Å². The van der Waals surface area contributed by atoms with Crippen LogP contribution in [0.1, 0.15) is 27.8 Å². The molecular formula is C13H15NO3S. The Hall–Kier alpha value is -1.62. The van der Waals surface area contributed by atoms with E-state index in [1.54, 1.807) is 17.6 Å². The van der Waals surface area contributed by atoms with E-state index in [0.717, 1.165) is 34.2 Å². The smallest absolute Gasteiger partial charge is 0.303 e. The van der Waals surface area contributed by atoms with Gasteiger partial charge in [-0.05, 0) is 25.5 Å². The molecule has 0 saturated carbocycles. The van der Waals surface area contributed by atoms with E-state index in [0.29, 0.717) is 6.42 Å². The largest absolute Gasteiger partial charge is 0.481 e. The van der Waals surface area contributed by atoms with Crippen molar-refractivity contribution in [1.82, 2.24) is 4.98 Å². The van der Waals surface area contributed by atoms with Crippen LogP contribution < -0.4 is 0 Å². The topological polar surface area (TPSA) is 63.3 Å². The quantitative estimate of drug-likeness (QED) is 0.872. The van der Waals surface area contributed by atoms with Crippen molar-refractivity contribution in [3.8, 4) is 0 Å². The maximum absolute atomic E-state index is 10.5. The minimum absolute atomic E-state index is 0.167. The van der Waals surface area contributed by atoms with Gasteiger partial charge in [0.05, 0.1) is 23.4 Å². The van der Waals surface area contributed by atoms with Crippen LogP contribution >= 0.6 is 11.3 Å². The van der Waals surface area contributed by atoms with Gasteiger partial charge in [-0.3, -0.25) is 4.79 Å². The van der Waals surface area contributed by atoms with E-state index in [1.807, 2.05) is 19.1 Å². The monoisotopic (exact) mass is 265 g/mol. The molecule has 0 fully saturated rings. The number of carboxylic acid groups (broad SMARTS) is 1. The van der Waals surface area contributed by atoms with Gasteiger partial charge in [-0.15, -0.1) is 11.3 Å². The Bertz CT molecular complexity index is 516. The number of furan rings is 1. The standard InChI is InChI=1S/C13H15NO3S/c1-9-11(5-7-13(15)16)18-12(14-9)6-4-10-3-2-8-17-10/h2-3,8H,4-7H2,1H3,(H,15,16). The van der Waals surface area contributed by atoms with Crippen molar-refractivity contribution < 1.29 is 14.3 Å². The molecule has 2 rings (SSSR count). The fourth-order valence-corrected chi connectivity index (χ4v) is 2.80. The van der Waals surface area contributed by atoms with Gasteiger partial charge in [0.25, 0.3) is 0 Å². The van der Waals surface area contributed by atoms with E-state index in [4.69, 9.17) is 9.52 Å².